The summed E-state index contributed by atoms with van der Waals surface area (Å²) in [7, 11) is 0. The van der Waals surface area contributed by atoms with E-state index in [1.54, 1.807) is 0 Å². The molecule has 0 unspecified atom stereocenters. The van der Waals surface area contributed by atoms with Gasteiger partial charge in [0.2, 0.25) is 0 Å². The Balaban J connectivity index is 1.47. The minimum Gasteiger partial charge on any atom is -0.432 e. The number of hydrogen-bond donors (Lipinski definition) is 0. The van der Waals surface area contributed by atoms with E-state index in [2.05, 4.69) is 0 Å². The maximum Gasteiger partial charge on any atom is 0.458 e. The van der Waals surface area contributed by atoms with Gasteiger partial charge in [0.25, 0.3) is 0 Å². The van der Waals surface area contributed by atoms with Gasteiger partial charge in [-0.3, -0.25) is 0 Å². The molecule has 1 aliphatic heterocycles. The minimum atomic E-state index is -4.92. The number of benzene rings is 2. The second-order valence-electron chi connectivity index (χ2n) is 8.42. The van der Waals surface area contributed by atoms with E-state index in [-0.39, 0.29) is 41.6 Å². The number of halogens is 7. The molecule has 34 heavy (non-hydrogen) atoms. The summed E-state index contributed by atoms with van der Waals surface area (Å²) in [6.45, 7) is 1.17. The van der Waals surface area contributed by atoms with Crippen molar-refractivity contribution in [3.05, 3.63) is 41.5 Å². The number of ether oxygens (including phenoxy) is 3. The summed E-state index contributed by atoms with van der Waals surface area (Å²) < 4.78 is 111. The number of hydrogen-bond acceptors (Lipinski definition) is 3. The molecule has 1 saturated carbocycles. The van der Waals surface area contributed by atoms with Gasteiger partial charge in [0.15, 0.2) is 6.29 Å². The zero-order chi connectivity index (χ0) is 24.5. The largest absolute Gasteiger partial charge is 0.458 e. The van der Waals surface area contributed by atoms with Crippen LogP contribution in [0, 0.1) is 35.3 Å². The van der Waals surface area contributed by atoms with Crippen LogP contribution in [0.4, 0.5) is 30.7 Å². The summed E-state index contributed by atoms with van der Waals surface area (Å²) in [6, 6.07) is 3.86. The highest BCUT2D eigenvalue weighted by atomic mass is 19.4. The molecule has 0 aromatic heterocycles. The van der Waals surface area contributed by atoms with Gasteiger partial charge in [-0.05, 0) is 61.8 Å². The lowest BCUT2D eigenvalue weighted by Crippen LogP contribution is -2.40. The lowest BCUT2D eigenvalue weighted by molar-refractivity contribution is -0.239. The molecule has 4 rings (SSSR count). The summed E-state index contributed by atoms with van der Waals surface area (Å²) in [5.41, 5.74) is -1.05. The molecule has 2 aromatic rings. The molecule has 2 aliphatic rings. The Morgan fingerprint density at radius 1 is 0.912 bits per heavy atom. The predicted octanol–water partition coefficient (Wildman–Crippen LogP) is 6.57. The lowest BCUT2D eigenvalue weighted by Gasteiger charge is -2.37. The van der Waals surface area contributed by atoms with E-state index in [4.69, 9.17) is 14.2 Å². The van der Waals surface area contributed by atoms with E-state index in [9.17, 15) is 30.7 Å². The third-order valence-electron chi connectivity index (χ3n) is 6.07. The van der Waals surface area contributed by atoms with E-state index >= 15 is 0 Å². The van der Waals surface area contributed by atoms with E-state index in [1.165, 1.54) is 5.92 Å². The Kier molecular flexibility index (Phi) is 6.97. The molecule has 0 spiro atoms. The molecular weight excluding hydrogens is 469 g/mol. The molecule has 2 fully saturated rings. The van der Waals surface area contributed by atoms with Crippen LogP contribution in [0.5, 0.6) is 5.75 Å². The molecule has 184 valence electrons. The van der Waals surface area contributed by atoms with Crippen LogP contribution in [0.25, 0.3) is 10.8 Å². The Morgan fingerprint density at radius 3 is 2.24 bits per heavy atom. The van der Waals surface area contributed by atoms with E-state index in [0.717, 1.165) is 36.6 Å². The van der Waals surface area contributed by atoms with Crippen molar-refractivity contribution in [3.63, 3.8) is 0 Å². The van der Waals surface area contributed by atoms with Gasteiger partial charge in [-0.2, -0.15) is 22.0 Å². The van der Waals surface area contributed by atoms with Gasteiger partial charge in [0, 0.05) is 17.2 Å². The van der Waals surface area contributed by atoms with E-state index in [0.29, 0.717) is 26.1 Å². The van der Waals surface area contributed by atoms with Crippen molar-refractivity contribution in [2.45, 2.75) is 50.7 Å². The molecule has 1 aliphatic carbocycles. The molecular formula is C24H21F7O3. The average Bonchev–Trinajstić information content (AvgIpc) is 2.78. The fourth-order valence-electron chi connectivity index (χ4n) is 4.37. The predicted molar refractivity (Wildman–Crippen MR) is 108 cm³/mol. The molecule has 1 saturated heterocycles. The second-order valence-corrected chi connectivity index (χ2v) is 8.42. The molecule has 1 heterocycles. The molecule has 0 amide bonds. The van der Waals surface area contributed by atoms with Crippen LogP contribution in [-0.4, -0.2) is 31.8 Å². The van der Waals surface area contributed by atoms with Gasteiger partial charge in [-0.25, -0.2) is 8.78 Å². The van der Waals surface area contributed by atoms with Crippen molar-refractivity contribution >= 4 is 10.8 Å². The average molecular weight is 490 g/mol. The first-order valence-electron chi connectivity index (χ1n) is 10.9. The third-order valence-corrected chi connectivity index (χ3v) is 6.07. The molecule has 10 heteroatoms. The number of rotatable bonds is 4. The zero-order valence-corrected chi connectivity index (χ0v) is 17.9. The smallest absolute Gasteiger partial charge is 0.432 e. The van der Waals surface area contributed by atoms with Crippen LogP contribution >= 0.6 is 0 Å². The van der Waals surface area contributed by atoms with E-state index in [1.807, 2.05) is 0 Å². The summed E-state index contributed by atoms with van der Waals surface area (Å²) in [5.74, 6) is -1.72. The Bertz CT molecular complexity index is 1090. The van der Waals surface area contributed by atoms with Crippen LogP contribution in [0.3, 0.4) is 0 Å². The van der Waals surface area contributed by atoms with Crippen LogP contribution < -0.4 is 4.74 Å². The van der Waals surface area contributed by atoms with Crippen molar-refractivity contribution in [2.75, 3.05) is 13.2 Å². The molecule has 0 bridgehead atoms. The van der Waals surface area contributed by atoms with Crippen LogP contribution in [0.2, 0.25) is 0 Å². The van der Waals surface area contributed by atoms with Gasteiger partial charge in [0.1, 0.15) is 17.4 Å². The first-order chi connectivity index (χ1) is 16.0. The van der Waals surface area contributed by atoms with Crippen molar-refractivity contribution in [1.29, 1.82) is 0 Å². The Morgan fingerprint density at radius 2 is 1.59 bits per heavy atom. The van der Waals surface area contributed by atoms with Gasteiger partial charge >= 0.3 is 12.3 Å². The molecule has 2 aromatic carbocycles. The lowest BCUT2D eigenvalue weighted by atomic mass is 9.81. The molecule has 0 radical (unpaired) electrons. The van der Waals surface area contributed by atoms with Gasteiger partial charge in [0.05, 0.1) is 24.7 Å². The number of alkyl halides is 5. The molecule has 0 N–H and O–H groups in total. The van der Waals surface area contributed by atoms with Crippen LogP contribution in [0.1, 0.15) is 37.7 Å². The van der Waals surface area contributed by atoms with Gasteiger partial charge < -0.3 is 14.2 Å². The second kappa shape index (κ2) is 9.62. The topological polar surface area (TPSA) is 27.7 Å². The fourth-order valence-corrected chi connectivity index (χ4v) is 4.37. The maximum absolute atomic E-state index is 14.8. The Labute approximate surface area is 191 Å². The first kappa shape index (κ1) is 24.6. The van der Waals surface area contributed by atoms with Crippen molar-refractivity contribution in [2.24, 2.45) is 11.8 Å². The summed E-state index contributed by atoms with van der Waals surface area (Å²) >= 11 is 0. The van der Waals surface area contributed by atoms with Crippen molar-refractivity contribution < 1.29 is 44.9 Å². The molecule has 0 atom stereocenters. The number of fused-ring (bicyclic) bond motifs is 1. The van der Waals surface area contributed by atoms with Crippen LogP contribution in [-0.2, 0) is 9.47 Å². The van der Waals surface area contributed by atoms with Crippen LogP contribution in [0.15, 0.2) is 24.3 Å². The van der Waals surface area contributed by atoms with Gasteiger partial charge in [-0.15, -0.1) is 0 Å². The van der Waals surface area contributed by atoms with E-state index < -0.39 is 35.4 Å². The zero-order valence-electron chi connectivity index (χ0n) is 17.9. The standard InChI is InChI=1S/C24H21F7O3/c25-20-13-15-12-17(6-7-18(15)21(26)19(20)8-9-23(27,28)29)34-24(30,31)16-4-2-14(3-5-16)22-32-10-1-11-33-22/h6-7,12-14,16,22H,1-5,10-11H2. The minimum absolute atomic E-state index is 0.0358. The fraction of sp³-hybridized carbons (Fsp3) is 0.500. The third kappa shape index (κ3) is 5.58. The SMILES string of the molecule is Fc1cc2cc(OC(F)(F)C3CCC(C4OCCCO4)CC3)ccc2c(F)c1C#CC(F)(F)F. The summed E-state index contributed by atoms with van der Waals surface area (Å²) in [5, 5.41) is -0.410. The summed E-state index contributed by atoms with van der Waals surface area (Å²) in [6.07, 6.45) is -6.65. The summed E-state index contributed by atoms with van der Waals surface area (Å²) in [4.78, 5) is 0. The van der Waals surface area contributed by atoms with Gasteiger partial charge in [-0.1, -0.05) is 5.92 Å². The van der Waals surface area contributed by atoms with Crippen molar-refractivity contribution in [3.8, 4) is 17.6 Å². The monoisotopic (exact) mass is 490 g/mol. The highest BCUT2D eigenvalue weighted by molar-refractivity contribution is 5.86. The normalized spacial score (nSPS) is 22.3. The first-order valence-corrected chi connectivity index (χ1v) is 10.9. The maximum atomic E-state index is 14.8. The highest BCUT2D eigenvalue weighted by Crippen LogP contribution is 2.42. The molecule has 3 nitrogen and oxygen atoms in total. The Hall–Kier alpha value is -2.51. The highest BCUT2D eigenvalue weighted by Gasteiger charge is 2.45. The quantitative estimate of drug-likeness (QED) is 0.358. The van der Waals surface area contributed by atoms with Crippen molar-refractivity contribution in [1.82, 2.24) is 0 Å².